The minimum absolute atomic E-state index is 0.737. The highest BCUT2D eigenvalue weighted by Crippen LogP contribution is 2.14. The molecule has 0 aliphatic rings. The Kier molecular flexibility index (Phi) is 19.6. The van der Waals surface area contributed by atoms with Crippen molar-refractivity contribution in [2.75, 3.05) is 12.9 Å². The second-order valence-corrected chi connectivity index (χ2v) is 7.15. The summed E-state index contributed by atoms with van der Waals surface area (Å²) >= 11 is 1.35. The maximum Gasteiger partial charge on any atom is 0.343 e. The maximum absolute atomic E-state index is 10.8. The number of thioether (sulfide) groups is 1. The monoisotopic (exact) mass is 392 g/mol. The average molecular weight is 393 g/mol. The molecule has 0 aliphatic heterocycles. The molecule has 1 unspecified atom stereocenters. The number of allylic oxidation sites excluding steroid dienone is 10. The minimum atomic E-state index is -0.902. The van der Waals surface area contributed by atoms with E-state index in [0.717, 1.165) is 57.1 Å². The summed E-state index contributed by atoms with van der Waals surface area (Å²) in [6, 6.07) is 0. The molecule has 0 aromatic heterocycles. The summed E-state index contributed by atoms with van der Waals surface area (Å²) in [5.74, 6) is -0.0875. The molecule has 0 rings (SSSR count). The van der Waals surface area contributed by atoms with Gasteiger partial charge in [0.15, 0.2) is 5.44 Å². The number of rotatable bonds is 17. The third-order valence-corrected chi connectivity index (χ3v) is 4.83. The minimum Gasteiger partial charge on any atom is -0.479 e. The van der Waals surface area contributed by atoms with E-state index in [1.54, 1.807) is 0 Å². The van der Waals surface area contributed by atoms with E-state index in [4.69, 9.17) is 9.84 Å². The van der Waals surface area contributed by atoms with Crippen LogP contribution in [0.3, 0.4) is 0 Å². The third-order valence-electron chi connectivity index (χ3n) is 3.61. The summed E-state index contributed by atoms with van der Waals surface area (Å²) in [5.41, 5.74) is -0.737. The first-order chi connectivity index (χ1) is 13.2. The van der Waals surface area contributed by atoms with E-state index in [9.17, 15) is 4.79 Å². The molecule has 0 saturated carbocycles. The molecule has 1 N–H and O–H groups in total. The molecule has 0 aromatic carbocycles. The standard InChI is InChI=1S/C23H36O3S/c1-3-4-5-6-7-8-9-10-11-12-13-14-15-16-17-18-19-20-21-27-23(26-2)22(24)25/h4-5,7-8,10-11,13-14,16-17,23H,3,6,9,12,15,18-21H2,1-2H3,(H,24,25). The summed E-state index contributed by atoms with van der Waals surface area (Å²) in [5, 5.41) is 8.85. The van der Waals surface area contributed by atoms with Crippen LogP contribution in [0.2, 0.25) is 0 Å². The van der Waals surface area contributed by atoms with E-state index in [2.05, 4.69) is 67.7 Å². The number of aliphatic carboxylic acids is 1. The number of hydrogen-bond acceptors (Lipinski definition) is 3. The number of methoxy groups -OCH3 is 1. The van der Waals surface area contributed by atoms with Gasteiger partial charge >= 0.3 is 5.97 Å². The maximum atomic E-state index is 10.8. The molecule has 0 aliphatic carbocycles. The van der Waals surface area contributed by atoms with E-state index >= 15 is 0 Å². The van der Waals surface area contributed by atoms with Crippen LogP contribution >= 0.6 is 11.8 Å². The van der Waals surface area contributed by atoms with Crippen LogP contribution in [0, 0.1) is 0 Å². The zero-order valence-corrected chi connectivity index (χ0v) is 17.7. The zero-order chi connectivity index (χ0) is 20.0. The predicted molar refractivity (Wildman–Crippen MR) is 119 cm³/mol. The average Bonchev–Trinajstić information content (AvgIpc) is 2.66. The molecule has 0 aromatic rings. The van der Waals surface area contributed by atoms with Gasteiger partial charge in [0, 0.05) is 7.11 Å². The van der Waals surface area contributed by atoms with E-state index < -0.39 is 11.4 Å². The molecule has 0 radical (unpaired) electrons. The molecule has 3 nitrogen and oxygen atoms in total. The van der Waals surface area contributed by atoms with Crippen molar-refractivity contribution in [3.63, 3.8) is 0 Å². The van der Waals surface area contributed by atoms with Crippen LogP contribution in [0.4, 0.5) is 0 Å². The van der Waals surface area contributed by atoms with Crippen molar-refractivity contribution < 1.29 is 14.6 Å². The molecular formula is C23H36O3S. The fourth-order valence-electron chi connectivity index (χ4n) is 2.16. The van der Waals surface area contributed by atoms with Crippen molar-refractivity contribution in [1.82, 2.24) is 0 Å². The first-order valence-corrected chi connectivity index (χ1v) is 10.9. The summed E-state index contributed by atoms with van der Waals surface area (Å²) in [6.07, 6.45) is 30.2. The van der Waals surface area contributed by atoms with Crippen molar-refractivity contribution in [3.05, 3.63) is 60.8 Å². The summed E-state index contributed by atoms with van der Waals surface area (Å²) in [6.45, 7) is 2.15. The first kappa shape index (κ1) is 25.5. The van der Waals surface area contributed by atoms with Crippen LogP contribution in [0.1, 0.15) is 58.3 Å². The number of carbonyl (C=O) groups is 1. The Hall–Kier alpha value is -1.52. The highest BCUT2D eigenvalue weighted by molar-refractivity contribution is 8.00. The molecule has 0 amide bonds. The highest BCUT2D eigenvalue weighted by Gasteiger charge is 2.15. The second-order valence-electron chi connectivity index (χ2n) is 5.98. The molecule has 0 saturated heterocycles. The first-order valence-electron chi connectivity index (χ1n) is 9.84. The van der Waals surface area contributed by atoms with Gasteiger partial charge in [0.1, 0.15) is 0 Å². The van der Waals surface area contributed by atoms with Gasteiger partial charge in [-0.3, -0.25) is 0 Å². The summed E-state index contributed by atoms with van der Waals surface area (Å²) < 4.78 is 4.88. The second kappa shape index (κ2) is 20.8. The van der Waals surface area contributed by atoms with E-state index in [1.165, 1.54) is 18.9 Å². The van der Waals surface area contributed by atoms with Gasteiger partial charge in [0.25, 0.3) is 0 Å². The largest absolute Gasteiger partial charge is 0.479 e. The molecular weight excluding hydrogens is 356 g/mol. The Labute approximate surface area is 170 Å². The SMILES string of the molecule is CCC=CCC=CCC=CCC=CCC=CCCCCSC(OC)C(=O)O. The van der Waals surface area contributed by atoms with Crippen LogP contribution in [-0.2, 0) is 9.53 Å². The molecule has 0 heterocycles. The quantitative estimate of drug-likeness (QED) is 0.170. The fraction of sp³-hybridized carbons (Fsp3) is 0.522. The van der Waals surface area contributed by atoms with E-state index in [-0.39, 0.29) is 0 Å². The number of ether oxygens (including phenoxy) is 1. The zero-order valence-electron chi connectivity index (χ0n) is 16.9. The van der Waals surface area contributed by atoms with Crippen molar-refractivity contribution in [2.45, 2.75) is 63.7 Å². The smallest absolute Gasteiger partial charge is 0.343 e. The van der Waals surface area contributed by atoms with Crippen LogP contribution in [0.25, 0.3) is 0 Å². The molecule has 0 bridgehead atoms. The lowest BCUT2D eigenvalue weighted by molar-refractivity contribution is -0.143. The summed E-state index contributed by atoms with van der Waals surface area (Å²) in [7, 11) is 1.43. The fourth-order valence-corrected chi connectivity index (χ4v) is 3.03. The van der Waals surface area contributed by atoms with Gasteiger partial charge in [0.2, 0.25) is 0 Å². The number of carboxylic acids is 1. The van der Waals surface area contributed by atoms with Gasteiger partial charge < -0.3 is 9.84 Å². The van der Waals surface area contributed by atoms with Crippen molar-refractivity contribution in [2.24, 2.45) is 0 Å². The summed E-state index contributed by atoms with van der Waals surface area (Å²) in [4.78, 5) is 10.8. The van der Waals surface area contributed by atoms with E-state index in [0.29, 0.717) is 0 Å². The Morgan fingerprint density at radius 2 is 1.33 bits per heavy atom. The Balaban J connectivity index is 3.51. The molecule has 0 fully saturated rings. The van der Waals surface area contributed by atoms with Gasteiger partial charge in [-0.25, -0.2) is 4.79 Å². The normalized spacial score (nSPS) is 13.9. The predicted octanol–water partition coefficient (Wildman–Crippen LogP) is 6.70. The van der Waals surface area contributed by atoms with Crippen molar-refractivity contribution in [3.8, 4) is 0 Å². The van der Waals surface area contributed by atoms with Crippen molar-refractivity contribution >= 4 is 17.7 Å². The van der Waals surface area contributed by atoms with Gasteiger partial charge in [-0.1, -0.05) is 67.7 Å². The van der Waals surface area contributed by atoms with Gasteiger partial charge in [-0.05, 0) is 57.1 Å². The molecule has 1 atom stereocenters. The third kappa shape index (κ3) is 19.1. The highest BCUT2D eigenvalue weighted by atomic mass is 32.2. The van der Waals surface area contributed by atoms with Crippen molar-refractivity contribution in [1.29, 1.82) is 0 Å². The Morgan fingerprint density at radius 3 is 1.78 bits per heavy atom. The lowest BCUT2D eigenvalue weighted by Gasteiger charge is -2.08. The molecule has 27 heavy (non-hydrogen) atoms. The van der Waals surface area contributed by atoms with Crippen LogP contribution in [-0.4, -0.2) is 29.4 Å². The van der Waals surface area contributed by atoms with Gasteiger partial charge in [-0.2, -0.15) is 0 Å². The Morgan fingerprint density at radius 1 is 0.852 bits per heavy atom. The number of carboxylic acid groups (broad SMARTS) is 1. The van der Waals surface area contributed by atoms with Gasteiger partial charge in [-0.15, -0.1) is 11.8 Å². The number of hydrogen-bond donors (Lipinski definition) is 1. The molecule has 152 valence electrons. The Bertz CT molecular complexity index is 490. The van der Waals surface area contributed by atoms with E-state index in [1.807, 2.05) is 0 Å². The lowest BCUT2D eigenvalue weighted by Crippen LogP contribution is -2.18. The topological polar surface area (TPSA) is 46.5 Å². The lowest BCUT2D eigenvalue weighted by atomic mass is 10.2. The number of unbranched alkanes of at least 4 members (excludes halogenated alkanes) is 2. The molecule has 4 heteroatoms. The van der Waals surface area contributed by atoms with Crippen LogP contribution in [0.5, 0.6) is 0 Å². The van der Waals surface area contributed by atoms with Gasteiger partial charge in [0.05, 0.1) is 0 Å². The van der Waals surface area contributed by atoms with Crippen LogP contribution in [0.15, 0.2) is 60.8 Å². The van der Waals surface area contributed by atoms with Crippen LogP contribution < -0.4 is 0 Å². The molecule has 0 spiro atoms.